The zero-order valence-electron chi connectivity index (χ0n) is 18.3. The average Bonchev–Trinajstić information content (AvgIpc) is 3.45. The van der Waals surface area contributed by atoms with Gasteiger partial charge in [0.25, 0.3) is 0 Å². The first-order chi connectivity index (χ1) is 17.1. The quantitative estimate of drug-likeness (QED) is 0.274. The molecule has 0 atom stereocenters. The number of benzene rings is 4. The monoisotopic (exact) mass is 491 g/mol. The molecule has 0 radical (unpaired) electrons. The fourth-order valence-corrected chi connectivity index (χ4v) is 7.51. The maximum atomic E-state index is 13.5. The molecule has 3 heterocycles. The van der Waals surface area contributed by atoms with Gasteiger partial charge in [-0.15, -0.1) is 0 Å². The highest BCUT2D eigenvalue weighted by molar-refractivity contribution is 7.92. The number of sulfone groups is 1. The highest BCUT2D eigenvalue weighted by Gasteiger charge is 2.24. The molecule has 0 spiro atoms. The Morgan fingerprint density at radius 1 is 0.686 bits per heavy atom. The zero-order chi connectivity index (χ0) is 23.6. The lowest BCUT2D eigenvalue weighted by Gasteiger charge is -2.08. The summed E-state index contributed by atoms with van der Waals surface area (Å²) in [4.78, 5) is 11.3. The molecular formula is C28H17N3O2S2. The Morgan fingerprint density at radius 3 is 2.14 bits per heavy atom. The van der Waals surface area contributed by atoms with Crippen LogP contribution >= 0.6 is 11.3 Å². The molecule has 0 saturated carbocycles. The normalized spacial score (nSPS) is 12.2. The van der Waals surface area contributed by atoms with Gasteiger partial charge in [0.2, 0.25) is 9.84 Å². The average molecular weight is 492 g/mol. The molecular weight excluding hydrogens is 474 g/mol. The lowest BCUT2D eigenvalue weighted by Crippen LogP contribution is -2.02. The van der Waals surface area contributed by atoms with Crippen LogP contribution < -0.4 is 0 Å². The Balaban J connectivity index is 1.58. The molecule has 35 heavy (non-hydrogen) atoms. The summed E-state index contributed by atoms with van der Waals surface area (Å²) >= 11 is 1.38. The van der Waals surface area contributed by atoms with Gasteiger partial charge in [-0.2, -0.15) is 0 Å². The van der Waals surface area contributed by atoms with Crippen molar-refractivity contribution in [2.75, 3.05) is 0 Å². The summed E-state index contributed by atoms with van der Waals surface area (Å²) in [6.07, 6.45) is 0. The topological polar surface area (TPSA) is 64.3 Å². The van der Waals surface area contributed by atoms with E-state index in [1.165, 1.54) is 11.3 Å². The van der Waals surface area contributed by atoms with Crippen LogP contribution in [0.3, 0.4) is 0 Å². The number of thiazole rings is 1. The number of pyridine rings is 1. The Kier molecular flexibility index (Phi) is 4.33. The highest BCUT2D eigenvalue weighted by Crippen LogP contribution is 2.39. The molecule has 7 rings (SSSR count). The first-order valence-electron chi connectivity index (χ1n) is 11.1. The van der Waals surface area contributed by atoms with E-state index in [2.05, 4.69) is 24.3 Å². The number of nitrogens with zero attached hydrogens (tertiary/aromatic N) is 3. The van der Waals surface area contributed by atoms with Crippen molar-refractivity contribution in [1.82, 2.24) is 14.4 Å². The summed E-state index contributed by atoms with van der Waals surface area (Å²) in [5.74, 6) is 0. The van der Waals surface area contributed by atoms with Gasteiger partial charge in [0.15, 0.2) is 10.6 Å². The number of aromatic nitrogens is 3. The summed E-state index contributed by atoms with van der Waals surface area (Å²) in [7, 11) is -3.68. The number of hydrogen-bond acceptors (Lipinski definition) is 5. The van der Waals surface area contributed by atoms with Gasteiger partial charge in [0.1, 0.15) is 5.52 Å². The molecule has 0 saturated heterocycles. The molecule has 168 valence electrons. The molecule has 7 heteroatoms. The van der Waals surface area contributed by atoms with E-state index in [9.17, 15) is 8.42 Å². The van der Waals surface area contributed by atoms with E-state index in [1.54, 1.807) is 36.4 Å². The third kappa shape index (κ3) is 2.95. The molecule has 0 bridgehead atoms. The van der Waals surface area contributed by atoms with Crippen molar-refractivity contribution in [3.8, 4) is 11.3 Å². The Morgan fingerprint density at radius 2 is 1.37 bits per heavy atom. The van der Waals surface area contributed by atoms with Crippen LogP contribution in [0.4, 0.5) is 0 Å². The highest BCUT2D eigenvalue weighted by atomic mass is 32.2. The minimum atomic E-state index is -3.68. The second-order valence-electron chi connectivity index (χ2n) is 8.30. The fourth-order valence-electron chi connectivity index (χ4n) is 4.65. The maximum Gasteiger partial charge on any atom is 0.208 e. The van der Waals surface area contributed by atoms with Crippen LogP contribution in [0, 0.1) is 0 Å². The van der Waals surface area contributed by atoms with Crippen LogP contribution in [0.25, 0.3) is 48.4 Å². The van der Waals surface area contributed by atoms with Crippen molar-refractivity contribution in [3.63, 3.8) is 0 Å². The van der Waals surface area contributed by atoms with Crippen molar-refractivity contribution >= 4 is 58.3 Å². The molecule has 0 aliphatic rings. The first kappa shape index (κ1) is 20.3. The van der Waals surface area contributed by atoms with Gasteiger partial charge in [-0.05, 0) is 24.3 Å². The van der Waals surface area contributed by atoms with Gasteiger partial charge in [-0.1, -0.05) is 90.2 Å². The Hall–Kier alpha value is -4.07. The number of fused-ring (bicyclic) bond motifs is 7. The van der Waals surface area contributed by atoms with Crippen molar-refractivity contribution in [2.24, 2.45) is 0 Å². The van der Waals surface area contributed by atoms with E-state index in [4.69, 9.17) is 9.97 Å². The number of imidazole rings is 1. The zero-order valence-corrected chi connectivity index (χ0v) is 19.9. The molecule has 0 aliphatic heterocycles. The third-order valence-electron chi connectivity index (χ3n) is 6.26. The largest absolute Gasteiger partial charge is 0.267 e. The smallest absolute Gasteiger partial charge is 0.208 e. The Bertz CT molecular complexity index is 2010. The van der Waals surface area contributed by atoms with Crippen molar-refractivity contribution in [1.29, 1.82) is 0 Å². The molecule has 0 amide bonds. The SMILES string of the molecule is O=S(=O)(c1ccccc1)c1cccc2c1sc1nc3c4ccccc4c(-c4ccccc4)nc3n12. The summed E-state index contributed by atoms with van der Waals surface area (Å²) in [5.41, 5.74) is 4.21. The van der Waals surface area contributed by atoms with Gasteiger partial charge in [0, 0.05) is 16.3 Å². The van der Waals surface area contributed by atoms with Gasteiger partial charge >= 0.3 is 0 Å². The van der Waals surface area contributed by atoms with Crippen LogP contribution in [-0.2, 0) is 9.84 Å². The summed E-state index contributed by atoms with van der Waals surface area (Å²) < 4.78 is 29.6. The third-order valence-corrected chi connectivity index (χ3v) is 9.29. The summed E-state index contributed by atoms with van der Waals surface area (Å²) in [6.45, 7) is 0. The molecule has 5 nitrogen and oxygen atoms in total. The van der Waals surface area contributed by atoms with E-state index in [0.717, 1.165) is 38.7 Å². The Labute approximate surface area is 204 Å². The lowest BCUT2D eigenvalue weighted by molar-refractivity contribution is 0.597. The summed E-state index contributed by atoms with van der Waals surface area (Å²) in [5, 5.41) is 2.06. The lowest BCUT2D eigenvalue weighted by atomic mass is 10.0. The fraction of sp³-hybridized carbons (Fsp3) is 0. The standard InChI is InChI=1S/C28H17N3O2S2/c32-35(33,19-12-5-2-6-13-19)23-17-9-16-22-26(23)34-28-30-25-21-15-8-7-14-20(21)24(29-27(25)31(22)28)18-10-3-1-4-11-18/h1-17H. The van der Waals surface area contributed by atoms with Crippen LogP contribution in [0.5, 0.6) is 0 Å². The van der Waals surface area contributed by atoms with E-state index >= 15 is 0 Å². The van der Waals surface area contributed by atoms with Crippen LogP contribution in [0.1, 0.15) is 0 Å². The van der Waals surface area contributed by atoms with Crippen molar-refractivity contribution < 1.29 is 8.42 Å². The first-order valence-corrected chi connectivity index (χ1v) is 13.4. The van der Waals surface area contributed by atoms with E-state index in [1.807, 2.05) is 46.9 Å². The van der Waals surface area contributed by atoms with Gasteiger partial charge in [0.05, 0.1) is 25.7 Å². The van der Waals surface area contributed by atoms with E-state index < -0.39 is 9.84 Å². The second kappa shape index (κ2) is 7.46. The molecule has 0 fully saturated rings. The van der Waals surface area contributed by atoms with E-state index in [0.29, 0.717) is 9.66 Å². The van der Waals surface area contributed by atoms with Gasteiger partial charge < -0.3 is 0 Å². The second-order valence-corrected chi connectivity index (χ2v) is 11.2. The van der Waals surface area contributed by atoms with Crippen molar-refractivity contribution in [2.45, 2.75) is 9.79 Å². The predicted octanol–water partition coefficient (Wildman–Crippen LogP) is 6.75. The molecule has 0 unspecified atom stereocenters. The van der Waals surface area contributed by atoms with Crippen LogP contribution in [0.2, 0.25) is 0 Å². The molecule has 3 aromatic heterocycles. The van der Waals surface area contributed by atoms with Crippen molar-refractivity contribution in [3.05, 3.63) is 103 Å². The molecule has 0 N–H and O–H groups in total. The summed E-state index contributed by atoms with van der Waals surface area (Å²) in [6, 6.07) is 32.2. The molecule has 0 aliphatic carbocycles. The number of rotatable bonds is 3. The molecule has 4 aromatic carbocycles. The molecule has 7 aromatic rings. The minimum Gasteiger partial charge on any atom is -0.267 e. The van der Waals surface area contributed by atoms with Gasteiger partial charge in [-0.25, -0.2) is 18.4 Å². The van der Waals surface area contributed by atoms with E-state index in [-0.39, 0.29) is 9.79 Å². The minimum absolute atomic E-state index is 0.277. The van der Waals surface area contributed by atoms with Crippen LogP contribution in [-0.4, -0.2) is 22.8 Å². The number of hydrogen-bond donors (Lipinski definition) is 0. The van der Waals surface area contributed by atoms with Gasteiger partial charge in [-0.3, -0.25) is 4.40 Å². The van der Waals surface area contributed by atoms with Crippen LogP contribution in [0.15, 0.2) is 113 Å². The maximum absolute atomic E-state index is 13.5. The predicted molar refractivity (Wildman–Crippen MR) is 141 cm³/mol.